The SMILES string of the molecule is CC(C)(C)OC(=O)NC(CF)c1ccc(C(F)(F)F)cc1. The Morgan fingerprint density at radius 3 is 2.10 bits per heavy atom. The quantitative estimate of drug-likeness (QED) is 0.848. The summed E-state index contributed by atoms with van der Waals surface area (Å²) in [5, 5.41) is 2.28. The first-order valence-corrected chi connectivity index (χ1v) is 6.25. The number of rotatable bonds is 3. The van der Waals surface area contributed by atoms with Gasteiger partial charge in [-0.25, -0.2) is 9.18 Å². The van der Waals surface area contributed by atoms with E-state index >= 15 is 0 Å². The van der Waals surface area contributed by atoms with Gasteiger partial charge in [-0.15, -0.1) is 0 Å². The molecule has 1 unspecified atom stereocenters. The molecule has 1 rings (SSSR count). The molecule has 1 aromatic carbocycles. The Hall–Kier alpha value is -1.79. The van der Waals surface area contributed by atoms with Gasteiger partial charge in [-0.2, -0.15) is 13.2 Å². The van der Waals surface area contributed by atoms with E-state index in [1.165, 1.54) is 0 Å². The topological polar surface area (TPSA) is 38.3 Å². The van der Waals surface area contributed by atoms with Crippen LogP contribution in [-0.4, -0.2) is 18.4 Å². The molecule has 0 aliphatic carbocycles. The van der Waals surface area contributed by atoms with Crippen molar-refractivity contribution < 1.29 is 27.1 Å². The summed E-state index contributed by atoms with van der Waals surface area (Å²) in [6, 6.07) is 2.89. The highest BCUT2D eigenvalue weighted by molar-refractivity contribution is 5.68. The van der Waals surface area contributed by atoms with Crippen molar-refractivity contribution in [3.05, 3.63) is 35.4 Å². The average molecular weight is 307 g/mol. The van der Waals surface area contributed by atoms with Crippen molar-refractivity contribution in [3.63, 3.8) is 0 Å². The molecule has 0 bridgehead atoms. The van der Waals surface area contributed by atoms with Crippen LogP contribution in [0.4, 0.5) is 22.4 Å². The maximum atomic E-state index is 13.0. The molecule has 0 saturated heterocycles. The normalized spacial score (nSPS) is 13.7. The third kappa shape index (κ3) is 5.61. The highest BCUT2D eigenvalue weighted by Gasteiger charge is 2.30. The summed E-state index contributed by atoms with van der Waals surface area (Å²) in [6.45, 7) is 3.99. The molecule has 0 radical (unpaired) electrons. The summed E-state index contributed by atoms with van der Waals surface area (Å²) in [5.41, 5.74) is -1.34. The van der Waals surface area contributed by atoms with Crippen LogP contribution in [0.3, 0.4) is 0 Å². The number of alkyl halides is 4. The van der Waals surface area contributed by atoms with Gasteiger partial charge in [-0.1, -0.05) is 12.1 Å². The maximum absolute atomic E-state index is 13.0. The largest absolute Gasteiger partial charge is 0.444 e. The Balaban J connectivity index is 2.79. The van der Waals surface area contributed by atoms with Gasteiger partial charge in [-0.05, 0) is 38.5 Å². The fourth-order valence-corrected chi connectivity index (χ4v) is 1.57. The number of hydrogen-bond acceptors (Lipinski definition) is 2. The molecule has 1 aromatic rings. The number of amides is 1. The van der Waals surface area contributed by atoms with E-state index in [4.69, 9.17) is 4.74 Å². The minimum absolute atomic E-state index is 0.233. The first-order valence-electron chi connectivity index (χ1n) is 6.25. The summed E-state index contributed by atoms with van der Waals surface area (Å²) in [5.74, 6) is 0. The van der Waals surface area contributed by atoms with Crippen molar-refractivity contribution >= 4 is 6.09 Å². The van der Waals surface area contributed by atoms with Gasteiger partial charge in [0.15, 0.2) is 0 Å². The molecule has 0 spiro atoms. The van der Waals surface area contributed by atoms with E-state index in [9.17, 15) is 22.4 Å². The van der Waals surface area contributed by atoms with Crippen molar-refractivity contribution in [3.8, 4) is 0 Å². The molecule has 0 saturated carbocycles. The monoisotopic (exact) mass is 307 g/mol. The van der Waals surface area contributed by atoms with E-state index in [0.717, 1.165) is 24.3 Å². The second kappa shape index (κ2) is 6.32. The van der Waals surface area contributed by atoms with Gasteiger partial charge in [-0.3, -0.25) is 0 Å². The Kier molecular flexibility index (Phi) is 5.20. The second-order valence-electron chi connectivity index (χ2n) is 5.47. The standard InChI is InChI=1S/C14H17F4NO2/c1-13(2,3)21-12(20)19-11(8-15)9-4-6-10(7-5-9)14(16,17)18/h4-7,11H,8H2,1-3H3,(H,19,20). The summed E-state index contributed by atoms with van der Waals surface area (Å²) < 4.78 is 55.3. The lowest BCUT2D eigenvalue weighted by atomic mass is 10.1. The van der Waals surface area contributed by atoms with Crippen molar-refractivity contribution in [1.29, 1.82) is 0 Å². The summed E-state index contributed by atoms with van der Waals surface area (Å²) >= 11 is 0. The lowest BCUT2D eigenvalue weighted by molar-refractivity contribution is -0.137. The van der Waals surface area contributed by atoms with Crippen LogP contribution in [0.1, 0.15) is 37.9 Å². The highest BCUT2D eigenvalue weighted by Crippen LogP contribution is 2.30. The molecule has 0 fully saturated rings. The molecule has 118 valence electrons. The molecule has 0 aliphatic rings. The van der Waals surface area contributed by atoms with Crippen LogP contribution in [0.5, 0.6) is 0 Å². The summed E-state index contributed by atoms with van der Waals surface area (Å²) in [4.78, 5) is 11.5. The van der Waals surface area contributed by atoms with E-state index in [1.54, 1.807) is 20.8 Å². The van der Waals surface area contributed by atoms with Crippen LogP contribution in [0.2, 0.25) is 0 Å². The van der Waals surface area contributed by atoms with E-state index in [2.05, 4.69) is 5.32 Å². The number of halogens is 4. The van der Waals surface area contributed by atoms with Gasteiger partial charge in [0.1, 0.15) is 12.3 Å². The molecule has 0 aliphatic heterocycles. The van der Waals surface area contributed by atoms with Crippen molar-refractivity contribution in [2.75, 3.05) is 6.67 Å². The van der Waals surface area contributed by atoms with Gasteiger partial charge in [0.25, 0.3) is 0 Å². The Bertz CT molecular complexity index is 477. The minimum Gasteiger partial charge on any atom is -0.444 e. The molecule has 1 N–H and O–H groups in total. The number of ether oxygens (including phenoxy) is 1. The number of hydrogen-bond donors (Lipinski definition) is 1. The van der Waals surface area contributed by atoms with Crippen LogP contribution in [0, 0.1) is 0 Å². The molecule has 21 heavy (non-hydrogen) atoms. The van der Waals surface area contributed by atoms with Gasteiger partial charge >= 0.3 is 12.3 Å². The zero-order chi connectivity index (χ0) is 16.3. The second-order valence-corrected chi connectivity index (χ2v) is 5.47. The third-order valence-electron chi connectivity index (χ3n) is 2.49. The predicted octanol–water partition coefficient (Wildman–Crippen LogP) is 4.24. The number of carbonyl (C=O) groups is 1. The zero-order valence-corrected chi connectivity index (χ0v) is 11.9. The lowest BCUT2D eigenvalue weighted by Gasteiger charge is -2.22. The van der Waals surface area contributed by atoms with Gasteiger partial charge in [0.05, 0.1) is 11.6 Å². The molecule has 3 nitrogen and oxygen atoms in total. The molecule has 0 heterocycles. The van der Waals surface area contributed by atoms with Gasteiger partial charge < -0.3 is 10.1 Å². The van der Waals surface area contributed by atoms with Crippen LogP contribution < -0.4 is 5.32 Å². The molecule has 7 heteroatoms. The fraction of sp³-hybridized carbons (Fsp3) is 0.500. The molecular formula is C14H17F4NO2. The van der Waals surface area contributed by atoms with Crippen LogP contribution in [0.25, 0.3) is 0 Å². The number of alkyl carbamates (subject to hydrolysis) is 1. The minimum atomic E-state index is -4.46. The summed E-state index contributed by atoms with van der Waals surface area (Å²) in [6.07, 6.45) is -5.28. The van der Waals surface area contributed by atoms with Crippen LogP contribution >= 0.6 is 0 Å². The Morgan fingerprint density at radius 1 is 1.19 bits per heavy atom. The molecule has 1 amide bonds. The number of benzene rings is 1. The van der Waals surface area contributed by atoms with Crippen molar-refractivity contribution in [1.82, 2.24) is 5.32 Å². The predicted molar refractivity (Wildman–Crippen MR) is 69.5 cm³/mol. The zero-order valence-electron chi connectivity index (χ0n) is 11.9. The van der Waals surface area contributed by atoms with Crippen molar-refractivity contribution in [2.45, 2.75) is 38.6 Å². The maximum Gasteiger partial charge on any atom is 0.416 e. The molecular weight excluding hydrogens is 290 g/mol. The highest BCUT2D eigenvalue weighted by atomic mass is 19.4. The number of carbonyl (C=O) groups excluding carboxylic acids is 1. The number of nitrogens with one attached hydrogen (secondary N) is 1. The third-order valence-corrected chi connectivity index (χ3v) is 2.49. The fourth-order valence-electron chi connectivity index (χ4n) is 1.57. The van der Waals surface area contributed by atoms with Gasteiger partial charge in [0, 0.05) is 0 Å². The molecule has 0 aromatic heterocycles. The first-order chi connectivity index (χ1) is 9.53. The average Bonchev–Trinajstić information content (AvgIpc) is 2.33. The van der Waals surface area contributed by atoms with E-state index in [0.29, 0.717) is 0 Å². The van der Waals surface area contributed by atoms with E-state index in [-0.39, 0.29) is 5.56 Å². The summed E-state index contributed by atoms with van der Waals surface area (Å²) in [7, 11) is 0. The Labute approximate surface area is 120 Å². The lowest BCUT2D eigenvalue weighted by Crippen LogP contribution is -2.35. The van der Waals surface area contributed by atoms with Crippen molar-refractivity contribution in [2.24, 2.45) is 0 Å². The Morgan fingerprint density at radius 2 is 1.71 bits per heavy atom. The van der Waals surface area contributed by atoms with Crippen LogP contribution in [0.15, 0.2) is 24.3 Å². The smallest absolute Gasteiger partial charge is 0.416 e. The van der Waals surface area contributed by atoms with E-state index in [1.807, 2.05) is 0 Å². The molecule has 1 atom stereocenters. The van der Waals surface area contributed by atoms with E-state index < -0.39 is 36.2 Å². The van der Waals surface area contributed by atoms with Gasteiger partial charge in [0.2, 0.25) is 0 Å². The first kappa shape index (κ1) is 17.3. The van der Waals surface area contributed by atoms with Crippen LogP contribution in [-0.2, 0) is 10.9 Å².